The van der Waals surface area contributed by atoms with Crippen LogP contribution >= 0.6 is 0 Å². The van der Waals surface area contributed by atoms with E-state index in [0.29, 0.717) is 0 Å². The van der Waals surface area contributed by atoms with Gasteiger partial charge in [-0.15, -0.1) is 0 Å². The van der Waals surface area contributed by atoms with Gasteiger partial charge in [-0.05, 0) is 26.3 Å². The zero-order valence-electron chi connectivity index (χ0n) is 11.7. The van der Waals surface area contributed by atoms with Crippen LogP contribution in [-0.4, -0.2) is 69.6 Å². The average molecular weight is 309 g/mol. The van der Waals surface area contributed by atoms with Crippen LogP contribution in [0.2, 0.25) is 0 Å². The first-order chi connectivity index (χ1) is 9.63. The first kappa shape index (κ1) is 21.5. The quantitative estimate of drug-likeness (QED) is 0.294. The Morgan fingerprint density at radius 2 is 1.76 bits per heavy atom. The van der Waals surface area contributed by atoms with Crippen LogP contribution < -0.4 is 16.8 Å². The maximum absolute atomic E-state index is 10.1. The van der Waals surface area contributed by atoms with E-state index < -0.39 is 30.1 Å². The maximum atomic E-state index is 10.1. The van der Waals surface area contributed by atoms with Crippen molar-refractivity contribution in [2.24, 2.45) is 11.5 Å². The number of rotatable bonds is 4. The number of carbonyl (C=O) groups is 3. The lowest BCUT2D eigenvalue weighted by molar-refractivity contribution is -0.141. The van der Waals surface area contributed by atoms with Crippen LogP contribution in [0.25, 0.3) is 0 Å². The molecule has 1 rings (SSSR count). The number of hydrogen-bond donors (Lipinski definition) is 7. The zero-order chi connectivity index (χ0) is 17.0. The highest BCUT2D eigenvalue weighted by molar-refractivity contribution is 5.74. The molecule has 1 heterocycles. The molecule has 1 fully saturated rings. The van der Waals surface area contributed by atoms with Crippen molar-refractivity contribution in [2.45, 2.75) is 38.0 Å². The highest BCUT2D eigenvalue weighted by atomic mass is 16.4. The van der Waals surface area contributed by atoms with Crippen molar-refractivity contribution < 1.29 is 34.8 Å². The first-order valence-electron chi connectivity index (χ1n) is 6.18. The molecule has 0 aliphatic carbocycles. The zero-order valence-corrected chi connectivity index (χ0v) is 11.7. The minimum Gasteiger partial charge on any atom is -0.480 e. The van der Waals surface area contributed by atoms with Crippen LogP contribution in [0.1, 0.15) is 19.8 Å². The molecule has 0 aromatic carbocycles. The van der Waals surface area contributed by atoms with E-state index in [1.54, 1.807) is 0 Å². The van der Waals surface area contributed by atoms with Crippen molar-refractivity contribution in [3.05, 3.63) is 0 Å². The summed E-state index contributed by atoms with van der Waals surface area (Å²) in [6, 6.07) is -1.43. The summed E-state index contributed by atoms with van der Waals surface area (Å²) in [5, 5.41) is 35.4. The number of aliphatic carboxylic acids is 3. The Labute approximate surface area is 121 Å². The van der Waals surface area contributed by atoms with Gasteiger partial charge in [0.05, 0.1) is 12.6 Å². The molecule has 21 heavy (non-hydrogen) atoms. The van der Waals surface area contributed by atoms with Crippen LogP contribution in [0.3, 0.4) is 0 Å². The number of carboxylic acids is 3. The predicted octanol–water partition coefficient (Wildman–Crippen LogP) is -2.37. The Bertz CT molecular complexity index is 318. The summed E-state index contributed by atoms with van der Waals surface area (Å²) in [6.07, 6.45) is 0.805. The molecule has 0 saturated carbocycles. The molecule has 0 radical (unpaired) electrons. The molecule has 124 valence electrons. The molecule has 0 unspecified atom stereocenters. The highest BCUT2D eigenvalue weighted by Gasteiger charge is 2.20. The summed E-state index contributed by atoms with van der Waals surface area (Å²) >= 11 is 0. The summed E-state index contributed by atoms with van der Waals surface area (Å²) in [4.78, 5) is 29.2. The average Bonchev–Trinajstić information content (AvgIpc) is 2.93. The molecular formula is C11H23N3O7. The van der Waals surface area contributed by atoms with Crippen molar-refractivity contribution in [3.8, 4) is 0 Å². The molecule has 0 bridgehead atoms. The van der Waals surface area contributed by atoms with Crippen LogP contribution in [-0.2, 0) is 14.4 Å². The molecule has 0 spiro atoms. The number of aliphatic hydroxyl groups is 1. The van der Waals surface area contributed by atoms with E-state index in [4.69, 9.17) is 26.2 Å². The fourth-order valence-corrected chi connectivity index (χ4v) is 1.10. The van der Waals surface area contributed by atoms with Gasteiger partial charge in [-0.25, -0.2) is 0 Å². The van der Waals surface area contributed by atoms with Gasteiger partial charge >= 0.3 is 17.9 Å². The number of carboxylic acid groups (broad SMARTS) is 3. The fraction of sp³-hybridized carbons (Fsp3) is 0.727. The summed E-state index contributed by atoms with van der Waals surface area (Å²) in [5.41, 5.74) is 9.48. The Morgan fingerprint density at radius 3 is 1.86 bits per heavy atom. The van der Waals surface area contributed by atoms with Gasteiger partial charge in [-0.3, -0.25) is 14.4 Å². The minimum atomic E-state index is -1.18. The normalized spacial score (nSPS) is 19.1. The van der Waals surface area contributed by atoms with Crippen molar-refractivity contribution in [3.63, 3.8) is 0 Å². The molecule has 3 atom stereocenters. The topological polar surface area (TPSA) is 196 Å². The third kappa shape index (κ3) is 13.0. The molecule has 1 aliphatic rings. The second-order valence-electron chi connectivity index (χ2n) is 4.19. The molecule has 0 aromatic heterocycles. The minimum absolute atomic E-state index is 0.269. The largest absolute Gasteiger partial charge is 0.480 e. The monoisotopic (exact) mass is 309 g/mol. The van der Waals surface area contributed by atoms with Gasteiger partial charge in [0.25, 0.3) is 0 Å². The van der Waals surface area contributed by atoms with Crippen molar-refractivity contribution >= 4 is 17.9 Å². The molecule has 9 N–H and O–H groups in total. The van der Waals surface area contributed by atoms with Gasteiger partial charge in [0.1, 0.15) is 12.1 Å². The summed E-state index contributed by atoms with van der Waals surface area (Å²) in [6.45, 7) is 1.91. The van der Waals surface area contributed by atoms with E-state index in [0.717, 1.165) is 19.4 Å². The third-order valence-electron chi connectivity index (χ3n) is 2.34. The van der Waals surface area contributed by atoms with E-state index >= 15 is 0 Å². The lowest BCUT2D eigenvalue weighted by Crippen LogP contribution is -2.39. The van der Waals surface area contributed by atoms with Gasteiger partial charge in [-0.1, -0.05) is 0 Å². The van der Waals surface area contributed by atoms with Gasteiger partial charge in [0.2, 0.25) is 0 Å². The smallest absolute Gasteiger partial charge is 0.323 e. The van der Waals surface area contributed by atoms with Gasteiger partial charge in [0, 0.05) is 0 Å². The standard InChI is InChI=1S/C5H9NO2.C4H9NO3.C2H5NO2/c7-5(8)4-2-1-3-6-4;1-2(6)3(5)4(7)8;3-1-2(4)5/h4,6H,1-3H2,(H,7,8);2-3,6H,5H2,1H3,(H,7,8);1,3H2,(H,4,5)/t4-;2-,3+;/m01./s1. The van der Waals surface area contributed by atoms with Crippen LogP contribution in [0, 0.1) is 0 Å². The van der Waals surface area contributed by atoms with E-state index in [9.17, 15) is 14.4 Å². The first-order valence-corrected chi connectivity index (χ1v) is 6.18. The predicted molar refractivity (Wildman–Crippen MR) is 72.6 cm³/mol. The Hall–Kier alpha value is -1.75. The maximum Gasteiger partial charge on any atom is 0.323 e. The Balaban J connectivity index is 0. The second-order valence-corrected chi connectivity index (χ2v) is 4.19. The van der Waals surface area contributed by atoms with Gasteiger partial charge in [-0.2, -0.15) is 0 Å². The second kappa shape index (κ2) is 12.0. The molecule has 1 saturated heterocycles. The van der Waals surface area contributed by atoms with Crippen LogP contribution in [0.15, 0.2) is 0 Å². The van der Waals surface area contributed by atoms with Gasteiger partial charge in [0.15, 0.2) is 0 Å². The molecular weight excluding hydrogens is 286 g/mol. The van der Waals surface area contributed by atoms with Crippen LogP contribution in [0.5, 0.6) is 0 Å². The van der Waals surface area contributed by atoms with Gasteiger partial charge < -0.3 is 37.2 Å². The van der Waals surface area contributed by atoms with Crippen molar-refractivity contribution in [1.29, 1.82) is 0 Å². The van der Waals surface area contributed by atoms with E-state index in [2.05, 4.69) is 11.1 Å². The number of nitrogens with two attached hydrogens (primary N) is 2. The molecule has 1 aliphatic heterocycles. The third-order valence-corrected chi connectivity index (χ3v) is 2.34. The fourth-order valence-electron chi connectivity index (χ4n) is 1.10. The van der Waals surface area contributed by atoms with E-state index in [1.165, 1.54) is 6.92 Å². The van der Waals surface area contributed by atoms with Crippen molar-refractivity contribution in [1.82, 2.24) is 5.32 Å². The highest BCUT2D eigenvalue weighted by Crippen LogP contribution is 2.03. The van der Waals surface area contributed by atoms with Crippen molar-refractivity contribution in [2.75, 3.05) is 13.1 Å². The summed E-state index contributed by atoms with van der Waals surface area (Å²) in [7, 11) is 0. The number of hydrogen-bond acceptors (Lipinski definition) is 7. The summed E-state index contributed by atoms with van der Waals surface area (Å²) < 4.78 is 0. The van der Waals surface area contributed by atoms with E-state index in [1.807, 2.05) is 0 Å². The van der Waals surface area contributed by atoms with E-state index in [-0.39, 0.29) is 12.6 Å². The van der Waals surface area contributed by atoms with Crippen LogP contribution in [0.4, 0.5) is 0 Å². The SMILES string of the molecule is C[C@@H](O)[C@H](N)C(=O)O.NCC(=O)O.O=C(O)[C@@H]1CCCN1. The molecule has 10 nitrogen and oxygen atoms in total. The number of nitrogens with one attached hydrogen (secondary N) is 1. The summed E-state index contributed by atoms with van der Waals surface area (Å²) in [5.74, 6) is -2.87. The molecule has 0 amide bonds. The number of aliphatic hydroxyl groups excluding tert-OH is 1. The lowest BCUT2D eigenvalue weighted by Gasteiger charge is -2.06. The molecule has 0 aromatic rings. The molecule has 10 heteroatoms. The Kier molecular flexibility index (Phi) is 12.3. The Morgan fingerprint density at radius 1 is 1.29 bits per heavy atom. The lowest BCUT2D eigenvalue weighted by atomic mass is 10.2.